The second-order valence-corrected chi connectivity index (χ2v) is 12.5. The van der Waals surface area contributed by atoms with Crippen molar-refractivity contribution in [2.24, 2.45) is 0 Å². The highest BCUT2D eigenvalue weighted by Gasteiger charge is 2.33. The Morgan fingerprint density at radius 1 is 1.02 bits per heavy atom. The molecule has 0 radical (unpaired) electrons. The number of rotatable bonds is 7. The average Bonchev–Trinajstić information content (AvgIpc) is 3.02. The molecule has 0 saturated carbocycles. The third-order valence-electron chi connectivity index (χ3n) is 9.08. The van der Waals surface area contributed by atoms with Crippen LogP contribution in [0.4, 0.5) is 13.2 Å². The van der Waals surface area contributed by atoms with E-state index in [9.17, 15) is 23.9 Å². The Morgan fingerprint density at radius 3 is 2.50 bits per heavy atom. The molecule has 1 fully saturated rings. The first kappa shape index (κ1) is 33.0. The minimum atomic E-state index is -1.62. The standard InChI is InChI=1S/C37H36F3N3O5/c1-4-23-13-22(10-11-42-18-25(38)19-42)17-43(37(23)47)35-27-15-26(8-9-29(27)39)48-31-7-5-6-20(2)33(31)24-12-21(3)34(40)28(14-24)30(16-32(44)45)41-36(35)46/h5-9,12-15,17,25,30,35H,4,10-11,16,18-19H2,1-3H3,(H,41,46)(H,44,45). The molecule has 0 aliphatic carbocycles. The lowest BCUT2D eigenvalue weighted by atomic mass is 9.92. The number of carbonyl (C=O) groups is 2. The minimum absolute atomic E-state index is 0.0730. The van der Waals surface area contributed by atoms with Gasteiger partial charge in [-0.1, -0.05) is 19.1 Å². The van der Waals surface area contributed by atoms with Gasteiger partial charge in [0.25, 0.3) is 5.56 Å². The molecule has 0 spiro atoms. The number of carboxylic acid groups (broad SMARTS) is 1. The zero-order chi connectivity index (χ0) is 34.3. The summed E-state index contributed by atoms with van der Waals surface area (Å²) in [5, 5.41) is 12.5. The minimum Gasteiger partial charge on any atom is -0.481 e. The van der Waals surface area contributed by atoms with E-state index in [-0.39, 0.29) is 22.4 Å². The summed E-state index contributed by atoms with van der Waals surface area (Å²) in [5.41, 5.74) is 2.41. The molecule has 6 rings (SSSR count). The van der Waals surface area contributed by atoms with E-state index in [1.54, 1.807) is 38.1 Å². The van der Waals surface area contributed by atoms with Crippen LogP contribution < -0.4 is 15.6 Å². The number of pyridine rings is 1. The highest BCUT2D eigenvalue weighted by Crippen LogP contribution is 2.40. The highest BCUT2D eigenvalue weighted by molar-refractivity contribution is 5.85. The Hall–Kier alpha value is -4.90. The van der Waals surface area contributed by atoms with Crippen LogP contribution in [0, 0.1) is 25.5 Å². The number of aromatic nitrogens is 1. The summed E-state index contributed by atoms with van der Waals surface area (Å²) < 4.78 is 52.7. The van der Waals surface area contributed by atoms with Gasteiger partial charge in [0.1, 0.15) is 35.3 Å². The lowest BCUT2D eigenvalue weighted by molar-refractivity contribution is -0.137. The van der Waals surface area contributed by atoms with Crippen molar-refractivity contribution < 1.29 is 32.6 Å². The van der Waals surface area contributed by atoms with E-state index >= 15 is 8.78 Å². The lowest BCUT2D eigenvalue weighted by Gasteiger charge is -2.34. The third-order valence-corrected chi connectivity index (χ3v) is 9.08. The fraction of sp³-hybridized carbons (Fsp3) is 0.324. The van der Waals surface area contributed by atoms with Gasteiger partial charge in [-0.3, -0.25) is 23.9 Å². The van der Waals surface area contributed by atoms with Crippen LogP contribution in [0.15, 0.2) is 65.6 Å². The summed E-state index contributed by atoms with van der Waals surface area (Å²) in [6.07, 6.45) is 0.682. The van der Waals surface area contributed by atoms with Crippen molar-refractivity contribution >= 4 is 11.9 Å². The number of hydrogen-bond donors (Lipinski definition) is 2. The predicted molar refractivity (Wildman–Crippen MR) is 174 cm³/mol. The molecule has 8 nitrogen and oxygen atoms in total. The number of hydrogen-bond acceptors (Lipinski definition) is 5. The quantitative estimate of drug-likeness (QED) is 0.245. The van der Waals surface area contributed by atoms with Crippen LogP contribution in [-0.2, 0) is 22.4 Å². The van der Waals surface area contributed by atoms with E-state index < -0.39 is 53.7 Å². The van der Waals surface area contributed by atoms with Gasteiger partial charge < -0.3 is 15.2 Å². The number of carboxylic acids is 1. The summed E-state index contributed by atoms with van der Waals surface area (Å²) in [6, 6.07) is 11.1. The number of halogens is 3. The van der Waals surface area contributed by atoms with Crippen LogP contribution in [0.3, 0.4) is 0 Å². The van der Waals surface area contributed by atoms with Crippen LogP contribution in [0.5, 0.6) is 11.5 Å². The van der Waals surface area contributed by atoms with Crippen molar-refractivity contribution in [1.82, 2.24) is 14.8 Å². The maximum absolute atomic E-state index is 15.9. The van der Waals surface area contributed by atoms with E-state index in [1.165, 1.54) is 24.4 Å². The van der Waals surface area contributed by atoms with Crippen LogP contribution in [0.25, 0.3) is 11.1 Å². The summed E-state index contributed by atoms with van der Waals surface area (Å²) in [4.78, 5) is 42.4. The van der Waals surface area contributed by atoms with Gasteiger partial charge in [0.15, 0.2) is 0 Å². The summed E-state index contributed by atoms with van der Waals surface area (Å²) >= 11 is 0. The van der Waals surface area contributed by atoms with Crippen molar-refractivity contribution in [2.75, 3.05) is 19.6 Å². The third kappa shape index (κ3) is 6.47. The van der Waals surface area contributed by atoms with Crippen molar-refractivity contribution in [3.8, 4) is 22.6 Å². The fourth-order valence-electron chi connectivity index (χ4n) is 6.58. The number of benzene rings is 3. The van der Waals surface area contributed by atoms with Crippen LogP contribution in [0.2, 0.25) is 0 Å². The monoisotopic (exact) mass is 659 g/mol. The molecule has 3 heterocycles. The number of nitrogens with zero attached hydrogens (tertiary/aromatic N) is 2. The molecule has 2 unspecified atom stereocenters. The van der Waals surface area contributed by atoms with E-state index in [0.29, 0.717) is 60.5 Å². The molecular weight excluding hydrogens is 623 g/mol. The molecule has 48 heavy (non-hydrogen) atoms. The number of amides is 1. The number of nitrogens with one attached hydrogen (secondary N) is 1. The Labute approximate surface area is 275 Å². The molecule has 2 aliphatic heterocycles. The van der Waals surface area contributed by atoms with Gasteiger partial charge in [0.05, 0.1) is 12.5 Å². The fourth-order valence-corrected chi connectivity index (χ4v) is 6.58. The maximum Gasteiger partial charge on any atom is 0.305 e. The predicted octanol–water partition coefficient (Wildman–Crippen LogP) is 6.20. The van der Waals surface area contributed by atoms with Crippen molar-refractivity contribution in [3.05, 3.63) is 116 Å². The average molecular weight is 660 g/mol. The summed E-state index contributed by atoms with van der Waals surface area (Å²) in [7, 11) is 0. The van der Waals surface area contributed by atoms with Gasteiger partial charge in [-0.15, -0.1) is 0 Å². The van der Waals surface area contributed by atoms with Crippen molar-refractivity contribution in [3.63, 3.8) is 0 Å². The molecule has 1 saturated heterocycles. The van der Waals surface area contributed by atoms with Crippen LogP contribution >= 0.6 is 0 Å². The maximum atomic E-state index is 15.9. The first-order chi connectivity index (χ1) is 22.9. The molecule has 1 amide bonds. The zero-order valence-corrected chi connectivity index (χ0v) is 26.9. The van der Waals surface area contributed by atoms with E-state index in [1.807, 2.05) is 17.9 Å². The van der Waals surface area contributed by atoms with Crippen LogP contribution in [0.1, 0.15) is 58.8 Å². The van der Waals surface area contributed by atoms with Crippen molar-refractivity contribution in [1.29, 1.82) is 0 Å². The second kappa shape index (κ2) is 13.3. The Kier molecular flexibility index (Phi) is 9.15. The first-order valence-corrected chi connectivity index (χ1v) is 15.9. The van der Waals surface area contributed by atoms with Crippen LogP contribution in [-0.4, -0.2) is 52.3 Å². The van der Waals surface area contributed by atoms with E-state index in [4.69, 9.17) is 4.74 Å². The summed E-state index contributed by atoms with van der Waals surface area (Å²) in [5.74, 6) is -3.14. The van der Waals surface area contributed by atoms with Gasteiger partial charge in [0, 0.05) is 48.1 Å². The topological polar surface area (TPSA) is 101 Å². The molecule has 11 heteroatoms. The van der Waals surface area contributed by atoms with Crippen molar-refractivity contribution in [2.45, 2.75) is 58.3 Å². The number of likely N-dealkylation sites (tertiary alicyclic amines) is 1. The number of fused-ring (bicyclic) bond motifs is 6. The van der Waals surface area contributed by atoms with E-state index in [2.05, 4.69) is 5.32 Å². The zero-order valence-electron chi connectivity index (χ0n) is 26.9. The SMILES string of the molecule is CCc1cc(CCN2CC(F)C2)cn(C2C(=O)NC(CC(=O)O)c3cc(cc(C)c3F)-c3c(C)cccc3Oc3ccc(F)c2c3)c1=O. The summed E-state index contributed by atoms with van der Waals surface area (Å²) in [6.45, 7) is 6.33. The Balaban J connectivity index is 1.57. The molecule has 2 atom stereocenters. The Morgan fingerprint density at radius 2 is 1.79 bits per heavy atom. The van der Waals surface area contributed by atoms with Gasteiger partial charge in [-0.05, 0) is 91.4 Å². The van der Waals surface area contributed by atoms with Gasteiger partial charge in [-0.2, -0.15) is 0 Å². The number of aliphatic carboxylic acids is 1. The largest absolute Gasteiger partial charge is 0.481 e. The normalized spacial score (nSPS) is 18.0. The molecule has 1 aromatic heterocycles. The van der Waals surface area contributed by atoms with Gasteiger partial charge in [0.2, 0.25) is 5.91 Å². The number of carbonyl (C=O) groups excluding carboxylic acids is 1. The molecular formula is C37H36F3N3O5. The Bertz CT molecular complexity index is 1970. The number of alkyl halides is 1. The molecule has 4 bridgehead atoms. The van der Waals surface area contributed by atoms with Gasteiger partial charge >= 0.3 is 5.97 Å². The first-order valence-electron chi connectivity index (χ1n) is 15.9. The number of ether oxygens (including phenoxy) is 1. The molecule has 2 N–H and O–H groups in total. The van der Waals surface area contributed by atoms with E-state index in [0.717, 1.165) is 16.2 Å². The molecule has 4 aromatic rings. The number of aryl methyl sites for hydroxylation is 3. The molecule has 3 aromatic carbocycles. The smallest absolute Gasteiger partial charge is 0.305 e. The van der Waals surface area contributed by atoms with Gasteiger partial charge in [-0.25, -0.2) is 13.2 Å². The second-order valence-electron chi connectivity index (χ2n) is 12.5. The highest BCUT2D eigenvalue weighted by atomic mass is 19.1. The lowest BCUT2D eigenvalue weighted by Crippen LogP contribution is -2.49. The molecule has 2 aliphatic rings. The molecule has 250 valence electrons.